The molecule has 0 unspecified atom stereocenters. The van der Waals surface area contributed by atoms with Gasteiger partial charge in [-0.25, -0.2) is 0 Å². The molecule has 2 nitrogen and oxygen atoms in total. The Bertz CT molecular complexity index is 346. The zero-order valence-electron chi connectivity index (χ0n) is 10.5. The molecule has 1 aromatic rings. The van der Waals surface area contributed by atoms with Crippen molar-refractivity contribution in [1.82, 2.24) is 10.3 Å². The van der Waals surface area contributed by atoms with Gasteiger partial charge in [-0.15, -0.1) is 0 Å². The van der Waals surface area contributed by atoms with Gasteiger partial charge in [0.05, 0.1) is 5.02 Å². The first-order valence-corrected chi connectivity index (χ1v) is 6.92. The van der Waals surface area contributed by atoms with Crippen molar-refractivity contribution >= 4 is 11.6 Å². The summed E-state index contributed by atoms with van der Waals surface area (Å²) in [4.78, 5) is 3.99. The van der Waals surface area contributed by atoms with E-state index in [0.717, 1.165) is 35.5 Å². The van der Waals surface area contributed by atoms with Gasteiger partial charge >= 0.3 is 0 Å². The van der Waals surface area contributed by atoms with Crippen LogP contribution < -0.4 is 5.32 Å². The first-order valence-electron chi connectivity index (χ1n) is 6.55. The van der Waals surface area contributed by atoms with Crippen molar-refractivity contribution in [3.8, 4) is 0 Å². The van der Waals surface area contributed by atoms with Gasteiger partial charge in [0.1, 0.15) is 0 Å². The summed E-state index contributed by atoms with van der Waals surface area (Å²) in [6.07, 6.45) is 9.03. The minimum absolute atomic E-state index is 0.761. The maximum absolute atomic E-state index is 6.06. The molecular weight excluding hydrogens is 232 g/mol. The number of halogens is 1. The highest BCUT2D eigenvalue weighted by molar-refractivity contribution is 6.31. The van der Waals surface area contributed by atoms with E-state index in [0.29, 0.717) is 0 Å². The standard InChI is InChI=1S/C14H21ClN2/c1-11-2-4-12(5-3-11)8-17-9-13-6-7-16-10-14(13)15/h6-7,10-12,17H,2-5,8-9H2,1H3. The molecule has 0 aliphatic heterocycles. The van der Waals surface area contributed by atoms with Crippen molar-refractivity contribution in [1.29, 1.82) is 0 Å². The quantitative estimate of drug-likeness (QED) is 0.885. The van der Waals surface area contributed by atoms with E-state index < -0.39 is 0 Å². The summed E-state index contributed by atoms with van der Waals surface area (Å²) < 4.78 is 0. The van der Waals surface area contributed by atoms with Gasteiger partial charge in [-0.3, -0.25) is 4.98 Å². The SMILES string of the molecule is CC1CCC(CNCc2ccncc2Cl)CC1. The average molecular weight is 253 g/mol. The molecule has 1 aliphatic carbocycles. The van der Waals surface area contributed by atoms with E-state index in [-0.39, 0.29) is 0 Å². The first kappa shape index (κ1) is 12.8. The summed E-state index contributed by atoms with van der Waals surface area (Å²) >= 11 is 6.06. The van der Waals surface area contributed by atoms with E-state index in [2.05, 4.69) is 17.2 Å². The van der Waals surface area contributed by atoms with E-state index in [1.807, 2.05) is 6.07 Å². The predicted octanol–water partition coefficient (Wildman–Crippen LogP) is 3.65. The second-order valence-corrected chi connectivity index (χ2v) is 5.63. The Morgan fingerprint density at radius 2 is 2.12 bits per heavy atom. The van der Waals surface area contributed by atoms with E-state index >= 15 is 0 Å². The number of nitrogens with one attached hydrogen (secondary N) is 1. The Morgan fingerprint density at radius 1 is 1.35 bits per heavy atom. The van der Waals surface area contributed by atoms with Crippen LogP contribution in [0.25, 0.3) is 0 Å². The van der Waals surface area contributed by atoms with Crippen LogP contribution in [0.5, 0.6) is 0 Å². The van der Waals surface area contributed by atoms with Crippen LogP contribution in [-0.4, -0.2) is 11.5 Å². The summed E-state index contributed by atoms with van der Waals surface area (Å²) in [6.45, 7) is 4.33. The normalized spacial score (nSPS) is 24.8. The monoisotopic (exact) mass is 252 g/mol. The van der Waals surface area contributed by atoms with Crippen LogP contribution in [0.2, 0.25) is 5.02 Å². The highest BCUT2D eigenvalue weighted by Crippen LogP contribution is 2.27. The third-order valence-electron chi connectivity index (χ3n) is 3.74. The number of nitrogens with zero attached hydrogens (tertiary/aromatic N) is 1. The zero-order valence-corrected chi connectivity index (χ0v) is 11.2. The first-order chi connectivity index (χ1) is 8.25. The molecule has 1 fully saturated rings. The summed E-state index contributed by atoms with van der Waals surface area (Å²) in [6, 6.07) is 1.98. The van der Waals surface area contributed by atoms with Gasteiger partial charge in [-0.1, -0.05) is 31.4 Å². The fourth-order valence-corrected chi connectivity index (χ4v) is 2.68. The molecule has 94 valence electrons. The van der Waals surface area contributed by atoms with Gasteiger partial charge in [0.15, 0.2) is 0 Å². The average Bonchev–Trinajstić information content (AvgIpc) is 2.34. The van der Waals surface area contributed by atoms with Gasteiger partial charge in [0.25, 0.3) is 0 Å². The van der Waals surface area contributed by atoms with E-state index in [4.69, 9.17) is 11.6 Å². The summed E-state index contributed by atoms with van der Waals surface area (Å²) in [5.41, 5.74) is 1.14. The van der Waals surface area contributed by atoms with Crippen molar-refractivity contribution in [2.24, 2.45) is 11.8 Å². The van der Waals surface area contributed by atoms with Gasteiger partial charge < -0.3 is 5.32 Å². The number of hydrogen-bond acceptors (Lipinski definition) is 2. The molecule has 3 heteroatoms. The minimum Gasteiger partial charge on any atom is -0.312 e. The van der Waals surface area contributed by atoms with Crippen molar-refractivity contribution in [3.63, 3.8) is 0 Å². The highest BCUT2D eigenvalue weighted by Gasteiger charge is 2.17. The van der Waals surface area contributed by atoms with Crippen molar-refractivity contribution in [2.45, 2.75) is 39.2 Å². The zero-order chi connectivity index (χ0) is 12.1. The Morgan fingerprint density at radius 3 is 2.82 bits per heavy atom. The van der Waals surface area contributed by atoms with Gasteiger partial charge in [-0.05, 0) is 42.9 Å². The Balaban J connectivity index is 1.71. The molecule has 1 N–H and O–H groups in total. The molecule has 17 heavy (non-hydrogen) atoms. The molecule has 1 heterocycles. The Kier molecular flexibility index (Phi) is 4.81. The summed E-state index contributed by atoms with van der Waals surface area (Å²) in [5.74, 6) is 1.78. The maximum atomic E-state index is 6.06. The van der Waals surface area contributed by atoms with Crippen LogP contribution in [0.1, 0.15) is 38.2 Å². The van der Waals surface area contributed by atoms with E-state index in [1.54, 1.807) is 12.4 Å². The summed E-state index contributed by atoms with van der Waals surface area (Å²) in [7, 11) is 0. The van der Waals surface area contributed by atoms with Crippen molar-refractivity contribution in [2.75, 3.05) is 6.54 Å². The lowest BCUT2D eigenvalue weighted by molar-refractivity contribution is 0.281. The summed E-state index contributed by atoms with van der Waals surface area (Å²) in [5, 5.41) is 4.28. The molecule has 1 saturated carbocycles. The second kappa shape index (κ2) is 6.36. The molecule has 1 aromatic heterocycles. The molecule has 0 amide bonds. The fourth-order valence-electron chi connectivity index (χ4n) is 2.49. The number of aromatic nitrogens is 1. The smallest absolute Gasteiger partial charge is 0.0634 e. The largest absolute Gasteiger partial charge is 0.312 e. The molecule has 0 radical (unpaired) electrons. The van der Waals surface area contributed by atoms with Crippen molar-refractivity contribution < 1.29 is 0 Å². The van der Waals surface area contributed by atoms with Crippen LogP contribution in [-0.2, 0) is 6.54 Å². The fraction of sp³-hybridized carbons (Fsp3) is 0.643. The topological polar surface area (TPSA) is 24.9 Å². The lowest BCUT2D eigenvalue weighted by Gasteiger charge is -2.26. The van der Waals surface area contributed by atoms with Gasteiger partial charge in [-0.2, -0.15) is 0 Å². The molecule has 0 spiro atoms. The van der Waals surface area contributed by atoms with Crippen LogP contribution in [0.15, 0.2) is 18.5 Å². The molecular formula is C14H21ClN2. The van der Waals surface area contributed by atoms with E-state index in [1.165, 1.54) is 25.7 Å². The van der Waals surface area contributed by atoms with Crippen LogP contribution in [0.4, 0.5) is 0 Å². The number of hydrogen-bond donors (Lipinski definition) is 1. The molecule has 0 aromatic carbocycles. The van der Waals surface area contributed by atoms with Crippen LogP contribution in [0, 0.1) is 11.8 Å². The minimum atomic E-state index is 0.761. The highest BCUT2D eigenvalue weighted by atomic mass is 35.5. The number of pyridine rings is 1. The third-order valence-corrected chi connectivity index (χ3v) is 4.08. The second-order valence-electron chi connectivity index (χ2n) is 5.22. The lowest BCUT2D eigenvalue weighted by Crippen LogP contribution is -2.25. The van der Waals surface area contributed by atoms with Crippen LogP contribution in [0.3, 0.4) is 0 Å². The van der Waals surface area contributed by atoms with Crippen LogP contribution >= 0.6 is 11.6 Å². The van der Waals surface area contributed by atoms with Gasteiger partial charge in [0.2, 0.25) is 0 Å². The number of rotatable bonds is 4. The molecule has 0 saturated heterocycles. The Hall–Kier alpha value is -0.600. The predicted molar refractivity (Wildman–Crippen MR) is 72.1 cm³/mol. The van der Waals surface area contributed by atoms with Gasteiger partial charge in [0, 0.05) is 18.9 Å². The lowest BCUT2D eigenvalue weighted by atomic mass is 9.83. The molecule has 1 aliphatic rings. The molecule has 2 rings (SSSR count). The Labute approximate surface area is 109 Å². The van der Waals surface area contributed by atoms with E-state index in [9.17, 15) is 0 Å². The molecule has 0 atom stereocenters. The molecule has 0 bridgehead atoms. The van der Waals surface area contributed by atoms with Crippen molar-refractivity contribution in [3.05, 3.63) is 29.0 Å². The maximum Gasteiger partial charge on any atom is 0.0634 e. The third kappa shape index (κ3) is 3.97.